The number of hydrogen-bond acceptors (Lipinski definition) is 4. The predicted molar refractivity (Wildman–Crippen MR) is 84.3 cm³/mol. The van der Waals surface area contributed by atoms with E-state index in [-0.39, 0.29) is 5.91 Å². The summed E-state index contributed by atoms with van der Waals surface area (Å²) in [6.45, 7) is 8.37. The first kappa shape index (κ1) is 16.7. The molecule has 2 saturated heterocycles. The zero-order valence-electron chi connectivity index (χ0n) is 14.0. The molecule has 0 unspecified atom stereocenters. The smallest absolute Gasteiger partial charge is 0.254 e. The SMILES string of the molecule is COC1(C(=O)N(C)C2CCN(C(C)C)CC2)CCNCC1. The molecule has 0 aliphatic carbocycles. The average molecular weight is 297 g/mol. The molecule has 0 aromatic heterocycles. The Morgan fingerprint density at radius 1 is 1.29 bits per heavy atom. The largest absolute Gasteiger partial charge is 0.368 e. The summed E-state index contributed by atoms with van der Waals surface area (Å²) < 4.78 is 5.67. The second kappa shape index (κ2) is 7.07. The molecule has 0 radical (unpaired) electrons. The second-order valence-corrected chi connectivity index (χ2v) is 6.73. The van der Waals surface area contributed by atoms with Crippen LogP contribution in [0.25, 0.3) is 0 Å². The maximum absolute atomic E-state index is 12.9. The van der Waals surface area contributed by atoms with Gasteiger partial charge in [-0.05, 0) is 52.6 Å². The van der Waals surface area contributed by atoms with Crippen LogP contribution in [0.2, 0.25) is 0 Å². The minimum absolute atomic E-state index is 0.175. The number of likely N-dealkylation sites (N-methyl/N-ethyl adjacent to an activating group) is 1. The number of ether oxygens (including phenoxy) is 1. The number of carbonyl (C=O) groups is 1. The number of likely N-dealkylation sites (tertiary alicyclic amines) is 1. The van der Waals surface area contributed by atoms with Crippen LogP contribution < -0.4 is 5.32 Å². The molecule has 5 heteroatoms. The van der Waals surface area contributed by atoms with E-state index in [1.54, 1.807) is 7.11 Å². The molecular weight excluding hydrogens is 266 g/mol. The third kappa shape index (κ3) is 3.58. The molecular formula is C16H31N3O2. The van der Waals surface area contributed by atoms with E-state index in [0.29, 0.717) is 12.1 Å². The van der Waals surface area contributed by atoms with Gasteiger partial charge in [-0.25, -0.2) is 0 Å². The van der Waals surface area contributed by atoms with Crippen LogP contribution in [0.4, 0.5) is 0 Å². The Morgan fingerprint density at radius 2 is 1.86 bits per heavy atom. The molecule has 0 saturated carbocycles. The monoisotopic (exact) mass is 297 g/mol. The van der Waals surface area contributed by atoms with Crippen LogP contribution in [0.15, 0.2) is 0 Å². The maximum Gasteiger partial charge on any atom is 0.254 e. The highest BCUT2D eigenvalue weighted by Crippen LogP contribution is 2.27. The lowest BCUT2D eigenvalue weighted by Gasteiger charge is -2.43. The average Bonchev–Trinajstić information content (AvgIpc) is 2.54. The van der Waals surface area contributed by atoms with E-state index in [1.165, 1.54) is 0 Å². The van der Waals surface area contributed by atoms with Gasteiger partial charge in [0.1, 0.15) is 5.60 Å². The number of piperidine rings is 2. The highest BCUT2D eigenvalue weighted by molar-refractivity contribution is 5.85. The summed E-state index contributed by atoms with van der Waals surface area (Å²) in [7, 11) is 3.64. The summed E-state index contributed by atoms with van der Waals surface area (Å²) in [5, 5.41) is 3.31. The van der Waals surface area contributed by atoms with Crippen molar-refractivity contribution >= 4 is 5.91 Å². The van der Waals surface area contributed by atoms with E-state index in [0.717, 1.165) is 51.9 Å². The van der Waals surface area contributed by atoms with Gasteiger partial charge in [-0.1, -0.05) is 0 Å². The Hall–Kier alpha value is -0.650. The zero-order chi connectivity index (χ0) is 15.5. The topological polar surface area (TPSA) is 44.8 Å². The lowest BCUT2D eigenvalue weighted by atomic mass is 9.89. The molecule has 0 aromatic carbocycles. The third-order valence-corrected chi connectivity index (χ3v) is 5.29. The second-order valence-electron chi connectivity index (χ2n) is 6.73. The standard InChI is InChI=1S/C16H31N3O2/c1-13(2)19-11-5-14(6-12-19)18(3)15(20)16(21-4)7-9-17-10-8-16/h13-14,17H,5-12H2,1-4H3. The van der Waals surface area contributed by atoms with E-state index in [2.05, 4.69) is 24.1 Å². The third-order valence-electron chi connectivity index (χ3n) is 5.29. The van der Waals surface area contributed by atoms with Crippen LogP contribution >= 0.6 is 0 Å². The van der Waals surface area contributed by atoms with Gasteiger partial charge in [-0.15, -0.1) is 0 Å². The molecule has 2 aliphatic heterocycles. The highest BCUT2D eigenvalue weighted by Gasteiger charge is 2.43. The van der Waals surface area contributed by atoms with Gasteiger partial charge in [-0.3, -0.25) is 4.79 Å². The van der Waals surface area contributed by atoms with Crippen LogP contribution in [-0.4, -0.2) is 73.7 Å². The number of hydrogen-bond donors (Lipinski definition) is 1. The summed E-state index contributed by atoms with van der Waals surface area (Å²) in [6, 6.07) is 0.955. The Bertz CT molecular complexity index is 345. The van der Waals surface area contributed by atoms with Crippen molar-refractivity contribution in [3.8, 4) is 0 Å². The van der Waals surface area contributed by atoms with Gasteiger partial charge in [-0.2, -0.15) is 0 Å². The van der Waals surface area contributed by atoms with E-state index in [4.69, 9.17) is 4.74 Å². The molecule has 0 aromatic rings. The van der Waals surface area contributed by atoms with Crippen molar-refractivity contribution in [2.24, 2.45) is 0 Å². The van der Waals surface area contributed by atoms with Gasteiger partial charge in [0, 0.05) is 39.3 Å². The quantitative estimate of drug-likeness (QED) is 0.843. The van der Waals surface area contributed by atoms with Crippen molar-refractivity contribution in [3.05, 3.63) is 0 Å². The van der Waals surface area contributed by atoms with Gasteiger partial charge in [0.2, 0.25) is 0 Å². The first-order valence-electron chi connectivity index (χ1n) is 8.27. The van der Waals surface area contributed by atoms with Crippen molar-refractivity contribution in [2.45, 2.75) is 57.2 Å². The van der Waals surface area contributed by atoms with Crippen LogP contribution in [-0.2, 0) is 9.53 Å². The van der Waals surface area contributed by atoms with Gasteiger partial charge >= 0.3 is 0 Å². The molecule has 122 valence electrons. The van der Waals surface area contributed by atoms with Crippen molar-refractivity contribution in [2.75, 3.05) is 40.3 Å². The number of rotatable bonds is 4. The van der Waals surface area contributed by atoms with Crippen molar-refractivity contribution in [3.63, 3.8) is 0 Å². The molecule has 5 nitrogen and oxygen atoms in total. The van der Waals surface area contributed by atoms with E-state index in [1.807, 2.05) is 11.9 Å². The fourth-order valence-corrected chi connectivity index (χ4v) is 3.61. The molecule has 1 N–H and O–H groups in total. The minimum atomic E-state index is -0.602. The first-order chi connectivity index (χ1) is 10.00. The Kier molecular flexibility index (Phi) is 5.63. The van der Waals surface area contributed by atoms with Crippen LogP contribution in [0, 0.1) is 0 Å². The molecule has 2 heterocycles. The summed E-state index contributed by atoms with van der Waals surface area (Å²) in [6.07, 6.45) is 3.69. The van der Waals surface area contributed by atoms with Crippen molar-refractivity contribution in [1.29, 1.82) is 0 Å². The van der Waals surface area contributed by atoms with Gasteiger partial charge < -0.3 is 19.9 Å². The lowest BCUT2D eigenvalue weighted by molar-refractivity contribution is -0.160. The number of methoxy groups -OCH3 is 1. The lowest BCUT2D eigenvalue weighted by Crippen LogP contribution is -2.58. The van der Waals surface area contributed by atoms with E-state index >= 15 is 0 Å². The minimum Gasteiger partial charge on any atom is -0.368 e. The van der Waals surface area contributed by atoms with Crippen LogP contribution in [0.3, 0.4) is 0 Å². The van der Waals surface area contributed by atoms with Gasteiger partial charge in [0.15, 0.2) is 0 Å². The maximum atomic E-state index is 12.9. The summed E-state index contributed by atoms with van der Waals surface area (Å²) >= 11 is 0. The molecule has 1 amide bonds. The molecule has 2 aliphatic rings. The number of carbonyl (C=O) groups excluding carboxylic acids is 1. The fraction of sp³-hybridized carbons (Fsp3) is 0.938. The van der Waals surface area contributed by atoms with Crippen molar-refractivity contribution < 1.29 is 9.53 Å². The Labute approximate surface area is 129 Å². The Balaban J connectivity index is 1.96. The summed E-state index contributed by atoms with van der Waals surface area (Å²) in [5.74, 6) is 0.175. The van der Waals surface area contributed by atoms with Gasteiger partial charge in [0.05, 0.1) is 0 Å². The van der Waals surface area contributed by atoms with E-state index in [9.17, 15) is 4.79 Å². The number of amides is 1. The molecule has 0 bridgehead atoms. The molecule has 0 atom stereocenters. The first-order valence-corrected chi connectivity index (χ1v) is 8.27. The van der Waals surface area contributed by atoms with Crippen LogP contribution in [0.1, 0.15) is 39.5 Å². The van der Waals surface area contributed by atoms with E-state index < -0.39 is 5.60 Å². The van der Waals surface area contributed by atoms with Crippen molar-refractivity contribution in [1.82, 2.24) is 15.1 Å². The van der Waals surface area contributed by atoms with Gasteiger partial charge in [0.25, 0.3) is 5.91 Å². The zero-order valence-corrected chi connectivity index (χ0v) is 14.0. The predicted octanol–water partition coefficient (Wildman–Crippen LogP) is 1.09. The van der Waals surface area contributed by atoms with Crippen LogP contribution in [0.5, 0.6) is 0 Å². The molecule has 0 spiro atoms. The normalized spacial score (nSPS) is 24.2. The molecule has 2 rings (SSSR count). The fourth-order valence-electron chi connectivity index (χ4n) is 3.61. The summed E-state index contributed by atoms with van der Waals surface area (Å²) in [4.78, 5) is 17.4. The molecule has 21 heavy (non-hydrogen) atoms. The number of nitrogens with one attached hydrogen (secondary N) is 1. The highest BCUT2D eigenvalue weighted by atomic mass is 16.5. The Morgan fingerprint density at radius 3 is 2.33 bits per heavy atom. The number of nitrogens with zero attached hydrogens (tertiary/aromatic N) is 2. The molecule has 2 fully saturated rings. The summed E-state index contributed by atoms with van der Waals surface area (Å²) in [5.41, 5.74) is -0.602.